The monoisotopic (exact) mass is 709 g/mol. The van der Waals surface area contributed by atoms with E-state index in [1.165, 1.54) is 0 Å². The lowest BCUT2D eigenvalue weighted by atomic mass is 9.56. The molecule has 0 aromatic heterocycles. The molecule has 10 heteroatoms. The predicted octanol–water partition coefficient (Wildman–Crippen LogP) is 7.68. The van der Waals surface area contributed by atoms with Crippen LogP contribution >= 0.6 is 0 Å². The first kappa shape index (κ1) is 36.8. The molecule has 50 heavy (non-hydrogen) atoms. The molecule has 0 radical (unpaired) electrons. The van der Waals surface area contributed by atoms with E-state index in [0.717, 1.165) is 44.9 Å². The van der Waals surface area contributed by atoms with Crippen molar-refractivity contribution in [2.75, 3.05) is 7.11 Å². The van der Waals surface area contributed by atoms with Crippen molar-refractivity contribution in [3.8, 4) is 0 Å². The highest BCUT2D eigenvalue weighted by atomic mass is 32.2. The largest absolute Gasteiger partial charge is 0.455 e. The van der Waals surface area contributed by atoms with Gasteiger partial charge in [-0.2, -0.15) is 0 Å². The summed E-state index contributed by atoms with van der Waals surface area (Å²) in [6.07, 6.45) is 4.42. The van der Waals surface area contributed by atoms with E-state index < -0.39 is 57.1 Å². The minimum Gasteiger partial charge on any atom is -0.455 e. The second kappa shape index (κ2) is 15.0. The van der Waals surface area contributed by atoms with Crippen LogP contribution in [0.1, 0.15) is 96.3 Å². The maximum atomic E-state index is 15.5. The van der Waals surface area contributed by atoms with Gasteiger partial charge in [-0.05, 0) is 115 Å². The van der Waals surface area contributed by atoms with Gasteiger partial charge in [0.1, 0.15) is 17.0 Å². The van der Waals surface area contributed by atoms with Crippen molar-refractivity contribution < 1.29 is 37.0 Å². The number of amides is 1. The number of carbonyl (C=O) groups excluding carboxylic acids is 2. The summed E-state index contributed by atoms with van der Waals surface area (Å²) in [6.45, 7) is 9.46. The Bertz CT molecular complexity index is 1580. The first-order valence-electron chi connectivity index (χ1n) is 18.6. The zero-order chi connectivity index (χ0) is 35.8. The van der Waals surface area contributed by atoms with Gasteiger partial charge in [-0.1, -0.05) is 55.7 Å². The Hall–Kier alpha value is -2.95. The molecule has 2 heterocycles. The van der Waals surface area contributed by atoms with Crippen molar-refractivity contribution in [2.45, 2.75) is 132 Å². The average molecular weight is 710 g/mol. The molecule has 0 N–H and O–H groups in total. The molecule has 2 aliphatic carbocycles. The number of piperidine rings is 1. The van der Waals surface area contributed by atoms with E-state index >= 15 is 8.42 Å². The van der Waals surface area contributed by atoms with Gasteiger partial charge in [0.15, 0.2) is 16.1 Å². The molecule has 274 valence electrons. The number of fused-ring (bicyclic) bond motifs is 2. The molecule has 2 aromatic rings. The van der Waals surface area contributed by atoms with Gasteiger partial charge in [-0.25, -0.2) is 18.0 Å². The zero-order valence-corrected chi connectivity index (χ0v) is 31.2. The Morgan fingerprint density at radius 2 is 1.54 bits per heavy atom. The van der Waals surface area contributed by atoms with Crippen LogP contribution in [0.15, 0.2) is 65.6 Å². The molecule has 2 saturated heterocycles. The summed E-state index contributed by atoms with van der Waals surface area (Å²) < 4.78 is 56.1. The van der Waals surface area contributed by atoms with E-state index in [9.17, 15) is 9.59 Å². The minimum absolute atomic E-state index is 0.00876. The molecule has 6 rings (SSSR count). The Morgan fingerprint density at radius 1 is 0.880 bits per heavy atom. The Balaban J connectivity index is 1.57. The Kier molecular flexibility index (Phi) is 11.0. The fraction of sp³-hybridized carbons (Fsp3) is 0.650. The van der Waals surface area contributed by atoms with E-state index in [1.54, 1.807) is 66.6 Å². The zero-order valence-electron chi connectivity index (χ0n) is 30.4. The van der Waals surface area contributed by atoms with Crippen molar-refractivity contribution in [1.29, 1.82) is 0 Å². The number of methoxy groups -OCH3 is 1. The number of nitrogens with zero attached hydrogens (tertiary/aromatic N) is 1. The Morgan fingerprint density at radius 3 is 2.20 bits per heavy atom. The van der Waals surface area contributed by atoms with Gasteiger partial charge in [0.05, 0.1) is 22.6 Å². The Labute approximate surface area is 298 Å². The maximum absolute atomic E-state index is 15.5. The minimum atomic E-state index is -4.17. The number of benzene rings is 2. The molecule has 0 bridgehead atoms. The molecule has 2 saturated carbocycles. The highest BCUT2D eigenvalue weighted by molar-refractivity contribution is 7.92. The summed E-state index contributed by atoms with van der Waals surface area (Å²) in [7, 11) is -2.51. The van der Waals surface area contributed by atoms with E-state index in [2.05, 4.69) is 0 Å². The summed E-state index contributed by atoms with van der Waals surface area (Å²) in [5, 5.41) is -1.15. The number of hydrogen-bond acceptors (Lipinski definition) is 8. The SMILES string of the molecule is CO[C@H]1O[C@@H](C)[C@H]2[C@@H]1C[C@H]1CCCC[C@@H]1[C@H]2C(C(OC(=O)c1ccccc1)[C@@H]1CCC[C@@H](C)N1C(=O)OC(C)(C)C)S(=O)(=O)c1ccccc1. The summed E-state index contributed by atoms with van der Waals surface area (Å²) in [4.78, 5) is 30.2. The van der Waals surface area contributed by atoms with E-state index in [1.807, 2.05) is 40.7 Å². The number of rotatable bonds is 8. The number of carbonyl (C=O) groups is 2. The van der Waals surface area contributed by atoms with Gasteiger partial charge in [-0.15, -0.1) is 0 Å². The first-order valence-corrected chi connectivity index (χ1v) is 20.1. The topological polar surface area (TPSA) is 108 Å². The lowest BCUT2D eigenvalue weighted by Crippen LogP contribution is -2.63. The number of esters is 1. The summed E-state index contributed by atoms with van der Waals surface area (Å²) >= 11 is 0. The van der Waals surface area contributed by atoms with E-state index in [4.69, 9.17) is 18.9 Å². The van der Waals surface area contributed by atoms with E-state index in [0.29, 0.717) is 12.0 Å². The number of sulfone groups is 1. The standard InChI is InChI=1S/C40H55NO8S/c1-25-16-15-23-32(41(25)39(43)49-40(3,4)5)35(48-37(42)27-17-9-7-10-18-27)36(50(44,45)29-20-11-8-12-21-29)34-30-22-14-13-19-28(30)24-31-33(34)26(2)47-38(31)46-6/h7-12,17-18,20-21,25-26,28,30-36,38H,13-16,19,22-24H2,1-6H3/t25-,26+,28-,30+,31+,32+,33+,34-,35?,36?,38+/m1/s1. The van der Waals surface area contributed by atoms with E-state index in [-0.39, 0.29) is 40.7 Å². The molecule has 4 fully saturated rings. The number of likely N-dealkylation sites (tertiary alicyclic amines) is 1. The molecular formula is C40H55NO8S. The number of ether oxygens (including phenoxy) is 4. The van der Waals surface area contributed by atoms with Crippen LogP contribution in [-0.2, 0) is 28.8 Å². The van der Waals surface area contributed by atoms with Crippen LogP contribution in [0.25, 0.3) is 0 Å². The normalized spacial score (nSPS) is 32.7. The van der Waals surface area contributed by atoms with Crippen LogP contribution in [0.2, 0.25) is 0 Å². The predicted molar refractivity (Wildman–Crippen MR) is 190 cm³/mol. The second-order valence-electron chi connectivity index (χ2n) is 16.0. The van der Waals surface area contributed by atoms with Crippen LogP contribution in [0.4, 0.5) is 4.79 Å². The quantitative estimate of drug-likeness (QED) is 0.257. The lowest BCUT2D eigenvalue weighted by Gasteiger charge is -2.53. The van der Waals surface area contributed by atoms with Crippen LogP contribution in [0, 0.1) is 29.6 Å². The first-order chi connectivity index (χ1) is 23.8. The van der Waals surface area contributed by atoms with Crippen LogP contribution in [0.5, 0.6) is 0 Å². The van der Waals surface area contributed by atoms with Crippen molar-refractivity contribution in [3.63, 3.8) is 0 Å². The van der Waals surface area contributed by atoms with Crippen LogP contribution in [-0.4, -0.2) is 73.9 Å². The molecule has 9 nitrogen and oxygen atoms in total. The third kappa shape index (κ3) is 7.35. The molecule has 2 unspecified atom stereocenters. The van der Waals surface area contributed by atoms with Crippen molar-refractivity contribution in [2.24, 2.45) is 29.6 Å². The van der Waals surface area contributed by atoms with Gasteiger partial charge in [0.25, 0.3) is 0 Å². The fourth-order valence-electron chi connectivity index (χ4n) is 9.84. The molecule has 0 spiro atoms. The van der Waals surface area contributed by atoms with Crippen LogP contribution in [0.3, 0.4) is 0 Å². The molecule has 2 aliphatic heterocycles. The third-order valence-electron chi connectivity index (χ3n) is 11.8. The molecule has 11 atom stereocenters. The molecule has 1 amide bonds. The van der Waals surface area contributed by atoms with Crippen molar-refractivity contribution in [1.82, 2.24) is 4.90 Å². The molecular weight excluding hydrogens is 655 g/mol. The van der Waals surface area contributed by atoms with Gasteiger partial charge in [-0.3, -0.25) is 4.90 Å². The van der Waals surface area contributed by atoms with Gasteiger partial charge >= 0.3 is 12.1 Å². The van der Waals surface area contributed by atoms with Gasteiger partial charge in [0.2, 0.25) is 0 Å². The lowest BCUT2D eigenvalue weighted by molar-refractivity contribution is -0.132. The van der Waals surface area contributed by atoms with Crippen molar-refractivity contribution >= 4 is 21.9 Å². The maximum Gasteiger partial charge on any atom is 0.410 e. The summed E-state index contributed by atoms with van der Waals surface area (Å²) in [5.41, 5.74) is -0.447. The van der Waals surface area contributed by atoms with Gasteiger partial charge in [0, 0.05) is 19.1 Å². The molecule has 2 aromatic carbocycles. The number of hydrogen-bond donors (Lipinski definition) is 0. The van der Waals surface area contributed by atoms with Gasteiger partial charge < -0.3 is 18.9 Å². The fourth-order valence-corrected chi connectivity index (χ4v) is 12.1. The third-order valence-corrected chi connectivity index (χ3v) is 14.0. The average Bonchev–Trinajstić information content (AvgIpc) is 3.41. The summed E-state index contributed by atoms with van der Waals surface area (Å²) in [5.74, 6) is -0.825. The summed E-state index contributed by atoms with van der Waals surface area (Å²) in [6, 6.07) is 16.3. The van der Waals surface area contributed by atoms with Crippen LogP contribution < -0.4 is 0 Å². The smallest absolute Gasteiger partial charge is 0.410 e. The second-order valence-corrected chi connectivity index (χ2v) is 18.1. The highest BCUT2D eigenvalue weighted by Gasteiger charge is 2.62. The highest BCUT2D eigenvalue weighted by Crippen LogP contribution is 2.58. The van der Waals surface area contributed by atoms with Crippen molar-refractivity contribution in [3.05, 3.63) is 66.2 Å². The molecule has 4 aliphatic rings.